The smallest absolute Gasteiger partial charge is 0.241 e. The third kappa shape index (κ3) is 3.70. The van der Waals surface area contributed by atoms with Gasteiger partial charge in [0.2, 0.25) is 10.0 Å². The molecule has 0 spiro atoms. The first-order valence-electron chi connectivity index (χ1n) is 6.99. The SMILES string of the molecule is CNc1cc(S(=O)(=O)NC2CCCC(C)(C)C2)ccn1. The molecule has 1 aromatic heterocycles. The minimum absolute atomic E-state index is 0.0231. The second-order valence-corrected chi connectivity index (χ2v) is 7.92. The standard InChI is InChI=1S/C14H23N3O2S/c1-14(2)7-4-5-11(10-14)17-20(18,19)12-6-8-16-13(9-12)15-3/h6,8-9,11,17H,4-5,7,10H2,1-3H3,(H,15,16). The quantitative estimate of drug-likeness (QED) is 0.895. The molecule has 1 atom stereocenters. The summed E-state index contributed by atoms with van der Waals surface area (Å²) in [5, 5.41) is 2.85. The van der Waals surface area contributed by atoms with E-state index in [9.17, 15) is 8.42 Å². The largest absolute Gasteiger partial charge is 0.373 e. The number of nitrogens with one attached hydrogen (secondary N) is 2. The molecule has 0 bridgehead atoms. The van der Waals surface area contributed by atoms with E-state index in [2.05, 4.69) is 28.9 Å². The first-order valence-corrected chi connectivity index (χ1v) is 8.47. The number of rotatable bonds is 4. The molecule has 1 aliphatic carbocycles. The van der Waals surface area contributed by atoms with Crippen molar-refractivity contribution in [1.82, 2.24) is 9.71 Å². The van der Waals surface area contributed by atoms with Crippen LogP contribution in [0.15, 0.2) is 23.2 Å². The van der Waals surface area contributed by atoms with Gasteiger partial charge in [-0.15, -0.1) is 0 Å². The maximum Gasteiger partial charge on any atom is 0.241 e. The van der Waals surface area contributed by atoms with Crippen LogP contribution in [0.25, 0.3) is 0 Å². The van der Waals surface area contributed by atoms with E-state index in [-0.39, 0.29) is 16.4 Å². The summed E-state index contributed by atoms with van der Waals surface area (Å²) in [7, 11) is -1.75. The lowest BCUT2D eigenvalue weighted by atomic mass is 9.75. The van der Waals surface area contributed by atoms with Crippen LogP contribution in [0.2, 0.25) is 0 Å². The van der Waals surface area contributed by atoms with E-state index in [0.29, 0.717) is 5.82 Å². The topological polar surface area (TPSA) is 71.1 Å². The Balaban J connectivity index is 2.14. The van der Waals surface area contributed by atoms with Crippen LogP contribution in [0.1, 0.15) is 39.5 Å². The van der Waals surface area contributed by atoms with Gasteiger partial charge in [0.1, 0.15) is 5.82 Å². The van der Waals surface area contributed by atoms with E-state index in [0.717, 1.165) is 25.7 Å². The van der Waals surface area contributed by atoms with Gasteiger partial charge in [0.15, 0.2) is 0 Å². The molecular formula is C14H23N3O2S. The van der Waals surface area contributed by atoms with Crippen molar-refractivity contribution in [2.75, 3.05) is 12.4 Å². The minimum atomic E-state index is -3.47. The number of hydrogen-bond donors (Lipinski definition) is 2. The van der Waals surface area contributed by atoms with Crippen LogP contribution in [0.4, 0.5) is 5.82 Å². The Kier molecular flexibility index (Phi) is 4.34. The zero-order valence-corrected chi connectivity index (χ0v) is 13.1. The summed E-state index contributed by atoms with van der Waals surface area (Å²) in [5.74, 6) is 0.553. The van der Waals surface area contributed by atoms with Gasteiger partial charge in [-0.2, -0.15) is 0 Å². The molecule has 2 N–H and O–H groups in total. The van der Waals surface area contributed by atoms with E-state index >= 15 is 0 Å². The zero-order valence-electron chi connectivity index (χ0n) is 12.3. The zero-order chi connectivity index (χ0) is 14.8. The first-order chi connectivity index (χ1) is 9.32. The summed E-state index contributed by atoms with van der Waals surface area (Å²) < 4.78 is 27.7. The summed E-state index contributed by atoms with van der Waals surface area (Å²) >= 11 is 0. The van der Waals surface area contributed by atoms with E-state index in [1.807, 2.05) is 0 Å². The predicted molar refractivity (Wildman–Crippen MR) is 80.1 cm³/mol. The van der Waals surface area contributed by atoms with E-state index in [1.54, 1.807) is 13.1 Å². The third-order valence-corrected chi connectivity index (χ3v) is 5.34. The van der Waals surface area contributed by atoms with Gasteiger partial charge in [-0.05, 0) is 30.7 Å². The second kappa shape index (κ2) is 5.69. The molecule has 0 saturated heterocycles. The number of nitrogens with zero attached hydrogens (tertiary/aromatic N) is 1. The van der Waals surface area contributed by atoms with Crippen LogP contribution in [0, 0.1) is 5.41 Å². The van der Waals surface area contributed by atoms with Crippen LogP contribution >= 0.6 is 0 Å². The predicted octanol–water partition coefficient (Wildman–Crippen LogP) is 2.37. The lowest BCUT2D eigenvalue weighted by molar-refractivity contribution is 0.212. The Bertz CT molecular complexity index is 570. The van der Waals surface area contributed by atoms with Crippen LogP contribution in [0.5, 0.6) is 0 Å². The van der Waals surface area contributed by atoms with Crippen molar-refractivity contribution in [2.45, 2.75) is 50.5 Å². The van der Waals surface area contributed by atoms with Crippen LogP contribution in [-0.4, -0.2) is 26.5 Å². The molecule has 1 unspecified atom stereocenters. The van der Waals surface area contributed by atoms with Gasteiger partial charge in [-0.3, -0.25) is 0 Å². The summed E-state index contributed by atoms with van der Waals surface area (Å²) in [6.45, 7) is 4.39. The molecule has 112 valence electrons. The van der Waals surface area contributed by atoms with E-state index in [1.165, 1.54) is 12.3 Å². The van der Waals surface area contributed by atoms with Gasteiger partial charge in [-0.25, -0.2) is 18.1 Å². The van der Waals surface area contributed by atoms with Crippen molar-refractivity contribution in [3.8, 4) is 0 Å². The molecule has 6 heteroatoms. The molecule has 20 heavy (non-hydrogen) atoms. The van der Waals surface area contributed by atoms with Crippen LogP contribution in [0.3, 0.4) is 0 Å². The van der Waals surface area contributed by atoms with E-state index < -0.39 is 10.0 Å². The molecule has 1 fully saturated rings. The van der Waals surface area contributed by atoms with Crippen molar-refractivity contribution in [3.63, 3.8) is 0 Å². The maximum absolute atomic E-state index is 12.4. The highest BCUT2D eigenvalue weighted by molar-refractivity contribution is 7.89. The maximum atomic E-state index is 12.4. The van der Waals surface area contributed by atoms with Gasteiger partial charge < -0.3 is 5.32 Å². The normalized spacial score (nSPS) is 22.4. The fourth-order valence-electron chi connectivity index (χ4n) is 2.80. The fraction of sp³-hybridized carbons (Fsp3) is 0.643. The highest BCUT2D eigenvalue weighted by Crippen LogP contribution is 2.35. The molecule has 0 amide bonds. The number of anilines is 1. The Morgan fingerprint density at radius 3 is 2.80 bits per heavy atom. The molecule has 1 heterocycles. The lowest BCUT2D eigenvalue weighted by Crippen LogP contribution is -2.40. The van der Waals surface area contributed by atoms with Crippen molar-refractivity contribution >= 4 is 15.8 Å². The van der Waals surface area contributed by atoms with Crippen molar-refractivity contribution in [1.29, 1.82) is 0 Å². The fourth-order valence-corrected chi connectivity index (χ4v) is 4.08. The Morgan fingerprint density at radius 1 is 1.40 bits per heavy atom. The van der Waals surface area contributed by atoms with Gasteiger partial charge in [-0.1, -0.05) is 20.3 Å². The molecule has 1 aliphatic rings. The lowest BCUT2D eigenvalue weighted by Gasteiger charge is -2.35. The third-order valence-electron chi connectivity index (χ3n) is 3.82. The number of pyridine rings is 1. The Morgan fingerprint density at radius 2 is 2.15 bits per heavy atom. The number of sulfonamides is 1. The Labute approximate surface area is 121 Å². The minimum Gasteiger partial charge on any atom is -0.373 e. The molecular weight excluding hydrogens is 274 g/mol. The average molecular weight is 297 g/mol. The van der Waals surface area contributed by atoms with Crippen LogP contribution in [-0.2, 0) is 10.0 Å². The van der Waals surface area contributed by atoms with Crippen molar-refractivity contribution in [2.24, 2.45) is 5.41 Å². The summed E-state index contributed by atoms with van der Waals surface area (Å²) in [4.78, 5) is 4.30. The monoisotopic (exact) mass is 297 g/mol. The van der Waals surface area contributed by atoms with Gasteiger partial charge in [0.25, 0.3) is 0 Å². The van der Waals surface area contributed by atoms with Crippen LogP contribution < -0.4 is 10.0 Å². The molecule has 2 rings (SSSR count). The molecule has 5 nitrogen and oxygen atoms in total. The van der Waals surface area contributed by atoms with Crippen molar-refractivity contribution in [3.05, 3.63) is 18.3 Å². The Hall–Kier alpha value is -1.14. The number of hydrogen-bond acceptors (Lipinski definition) is 4. The highest BCUT2D eigenvalue weighted by Gasteiger charge is 2.30. The van der Waals surface area contributed by atoms with Gasteiger partial charge in [0.05, 0.1) is 4.90 Å². The summed E-state index contributed by atoms with van der Waals surface area (Å²) in [6.07, 6.45) is 5.52. The summed E-state index contributed by atoms with van der Waals surface area (Å²) in [6, 6.07) is 3.10. The molecule has 1 aromatic rings. The van der Waals surface area contributed by atoms with Crippen molar-refractivity contribution < 1.29 is 8.42 Å². The second-order valence-electron chi connectivity index (χ2n) is 6.21. The number of aromatic nitrogens is 1. The molecule has 0 radical (unpaired) electrons. The van der Waals surface area contributed by atoms with Gasteiger partial charge >= 0.3 is 0 Å². The molecule has 1 saturated carbocycles. The van der Waals surface area contributed by atoms with E-state index in [4.69, 9.17) is 0 Å². The average Bonchev–Trinajstić information content (AvgIpc) is 2.37. The van der Waals surface area contributed by atoms with Gasteiger partial charge in [0, 0.05) is 25.4 Å². The molecule has 0 aliphatic heterocycles. The highest BCUT2D eigenvalue weighted by atomic mass is 32.2. The first kappa shape index (κ1) is 15.3. The summed E-state index contributed by atoms with van der Waals surface area (Å²) in [5.41, 5.74) is 0.208. The molecule has 0 aromatic carbocycles.